The number of para-hydroxylation sites is 1. The highest BCUT2D eigenvalue weighted by molar-refractivity contribution is 6.05. The van der Waals surface area contributed by atoms with Gasteiger partial charge in [-0.1, -0.05) is 48.5 Å². The summed E-state index contributed by atoms with van der Waals surface area (Å²) < 4.78 is 9.90. The van der Waals surface area contributed by atoms with Gasteiger partial charge in [0.25, 0.3) is 5.91 Å². The predicted molar refractivity (Wildman–Crippen MR) is 101 cm³/mol. The fraction of sp³-hybridized carbons (Fsp3) is 0.143. The second-order valence-electron chi connectivity index (χ2n) is 6.17. The van der Waals surface area contributed by atoms with Gasteiger partial charge in [0.2, 0.25) is 0 Å². The second kappa shape index (κ2) is 7.48. The van der Waals surface area contributed by atoms with Crippen LogP contribution in [0.25, 0.3) is 22.2 Å². The third-order valence-corrected chi connectivity index (χ3v) is 4.39. The highest BCUT2D eigenvalue weighted by atomic mass is 16.6. The summed E-state index contributed by atoms with van der Waals surface area (Å²) in [7, 11) is 0. The quantitative estimate of drug-likeness (QED) is 0.651. The van der Waals surface area contributed by atoms with E-state index in [1.807, 2.05) is 42.5 Å². The van der Waals surface area contributed by atoms with Crippen LogP contribution in [0.5, 0.6) is 0 Å². The lowest BCUT2D eigenvalue weighted by atomic mass is 10.0. The Morgan fingerprint density at radius 3 is 2.57 bits per heavy atom. The molecular formula is C21H16N2O5. The van der Waals surface area contributed by atoms with Crippen molar-refractivity contribution in [2.45, 2.75) is 0 Å². The van der Waals surface area contributed by atoms with Crippen molar-refractivity contribution in [3.8, 4) is 11.3 Å². The number of esters is 1. The smallest absolute Gasteiger partial charge is 0.416 e. The van der Waals surface area contributed by atoms with Crippen LogP contribution < -0.4 is 0 Å². The van der Waals surface area contributed by atoms with Crippen molar-refractivity contribution in [2.75, 3.05) is 19.8 Å². The standard InChI is InChI=1S/C21H16N2O5/c24-19(23-10-11-27-21(23)26)13-28-20(25)16-12-18(14-6-2-1-3-7-14)22-17-9-5-4-8-15(16)17/h1-9,12H,10-11,13H2. The fourth-order valence-electron chi connectivity index (χ4n) is 3.00. The molecule has 2 heterocycles. The third-order valence-electron chi connectivity index (χ3n) is 4.39. The molecule has 140 valence electrons. The number of nitrogens with zero attached hydrogens (tertiary/aromatic N) is 2. The Balaban J connectivity index is 1.62. The summed E-state index contributed by atoms with van der Waals surface area (Å²) in [5, 5.41) is 0.625. The molecule has 0 radical (unpaired) electrons. The van der Waals surface area contributed by atoms with E-state index in [0.29, 0.717) is 22.2 Å². The van der Waals surface area contributed by atoms with E-state index in [1.54, 1.807) is 18.2 Å². The molecule has 4 rings (SSSR count). The SMILES string of the molecule is O=C(OCC(=O)N1CCOC1=O)c1cc(-c2ccccc2)nc2ccccc12. The highest BCUT2D eigenvalue weighted by Crippen LogP contribution is 2.25. The van der Waals surface area contributed by atoms with E-state index in [-0.39, 0.29) is 13.2 Å². The van der Waals surface area contributed by atoms with Gasteiger partial charge in [0.15, 0.2) is 6.61 Å². The van der Waals surface area contributed by atoms with E-state index in [9.17, 15) is 14.4 Å². The van der Waals surface area contributed by atoms with Crippen molar-refractivity contribution >= 4 is 28.9 Å². The number of benzene rings is 2. The number of carbonyl (C=O) groups is 3. The summed E-state index contributed by atoms with van der Waals surface area (Å²) in [6.45, 7) is -0.231. The Kier molecular flexibility index (Phi) is 4.72. The zero-order valence-electron chi connectivity index (χ0n) is 14.8. The lowest BCUT2D eigenvalue weighted by Crippen LogP contribution is -2.35. The Bertz CT molecular complexity index is 1060. The summed E-state index contributed by atoms with van der Waals surface area (Å²) >= 11 is 0. The molecule has 1 aliphatic rings. The maximum Gasteiger partial charge on any atom is 0.416 e. The molecule has 28 heavy (non-hydrogen) atoms. The normalized spacial score (nSPS) is 13.4. The van der Waals surface area contributed by atoms with Crippen molar-refractivity contribution in [2.24, 2.45) is 0 Å². The summed E-state index contributed by atoms with van der Waals surface area (Å²) in [4.78, 5) is 41.8. The van der Waals surface area contributed by atoms with Gasteiger partial charge >= 0.3 is 12.1 Å². The van der Waals surface area contributed by atoms with E-state index in [2.05, 4.69) is 4.98 Å². The molecule has 0 atom stereocenters. The number of hydrogen-bond donors (Lipinski definition) is 0. The summed E-state index contributed by atoms with van der Waals surface area (Å²) in [5.74, 6) is -1.27. The molecule has 1 aliphatic heterocycles. The molecule has 7 heteroatoms. The Morgan fingerprint density at radius 2 is 1.82 bits per heavy atom. The van der Waals surface area contributed by atoms with Crippen LogP contribution in [0.3, 0.4) is 0 Å². The molecule has 0 saturated carbocycles. The molecule has 7 nitrogen and oxygen atoms in total. The second-order valence-corrected chi connectivity index (χ2v) is 6.17. The van der Waals surface area contributed by atoms with Crippen LogP contribution in [0.4, 0.5) is 4.79 Å². The van der Waals surface area contributed by atoms with Gasteiger partial charge < -0.3 is 9.47 Å². The first kappa shape index (κ1) is 17.7. The maximum atomic E-state index is 12.7. The minimum atomic E-state index is -0.721. The summed E-state index contributed by atoms with van der Waals surface area (Å²) in [6.07, 6.45) is -0.721. The van der Waals surface area contributed by atoms with Crippen LogP contribution in [0.2, 0.25) is 0 Å². The molecule has 0 spiro atoms. The molecule has 0 aliphatic carbocycles. The Morgan fingerprint density at radius 1 is 1.07 bits per heavy atom. The molecule has 0 unspecified atom stereocenters. The van der Waals surface area contributed by atoms with Crippen LogP contribution in [0.15, 0.2) is 60.7 Å². The largest absolute Gasteiger partial charge is 0.452 e. The van der Waals surface area contributed by atoms with Crippen molar-refractivity contribution in [1.29, 1.82) is 0 Å². The molecule has 0 bridgehead atoms. The van der Waals surface area contributed by atoms with Crippen molar-refractivity contribution in [3.05, 3.63) is 66.2 Å². The number of carbonyl (C=O) groups excluding carboxylic acids is 3. The third kappa shape index (κ3) is 3.42. The zero-order valence-corrected chi connectivity index (χ0v) is 14.8. The molecule has 3 aromatic rings. The molecule has 2 aromatic carbocycles. The van der Waals surface area contributed by atoms with Gasteiger partial charge in [0.05, 0.1) is 23.3 Å². The minimum absolute atomic E-state index is 0.147. The number of pyridine rings is 1. The van der Waals surface area contributed by atoms with Crippen molar-refractivity contribution in [1.82, 2.24) is 9.88 Å². The Hall–Kier alpha value is -3.74. The lowest BCUT2D eigenvalue weighted by Gasteiger charge is -2.12. The lowest BCUT2D eigenvalue weighted by molar-refractivity contribution is -0.131. The first-order valence-corrected chi connectivity index (χ1v) is 8.73. The average molecular weight is 376 g/mol. The van der Waals surface area contributed by atoms with Crippen LogP contribution in [0.1, 0.15) is 10.4 Å². The highest BCUT2D eigenvalue weighted by Gasteiger charge is 2.29. The molecular weight excluding hydrogens is 360 g/mol. The molecule has 0 N–H and O–H groups in total. The molecule has 1 aromatic heterocycles. The first-order valence-electron chi connectivity index (χ1n) is 8.73. The van der Waals surface area contributed by atoms with Crippen molar-refractivity contribution < 1.29 is 23.9 Å². The van der Waals surface area contributed by atoms with Gasteiger partial charge in [-0.25, -0.2) is 19.5 Å². The van der Waals surface area contributed by atoms with Gasteiger partial charge in [-0.05, 0) is 12.1 Å². The number of fused-ring (bicyclic) bond motifs is 1. The number of hydrogen-bond acceptors (Lipinski definition) is 6. The van der Waals surface area contributed by atoms with Crippen LogP contribution in [0, 0.1) is 0 Å². The maximum absolute atomic E-state index is 12.7. The fourth-order valence-corrected chi connectivity index (χ4v) is 3.00. The number of amides is 2. The van der Waals surface area contributed by atoms with Crippen LogP contribution >= 0.6 is 0 Å². The minimum Gasteiger partial charge on any atom is -0.452 e. The van der Waals surface area contributed by atoms with Gasteiger partial charge in [-0.15, -0.1) is 0 Å². The Labute approximate surface area is 160 Å². The van der Waals surface area contributed by atoms with Gasteiger partial charge in [-0.2, -0.15) is 0 Å². The van der Waals surface area contributed by atoms with Crippen LogP contribution in [-0.2, 0) is 14.3 Å². The number of cyclic esters (lactones) is 1. The summed E-state index contributed by atoms with van der Waals surface area (Å²) in [6, 6.07) is 18.3. The average Bonchev–Trinajstić information content (AvgIpc) is 3.17. The van der Waals surface area contributed by atoms with Crippen LogP contribution in [-0.4, -0.2) is 47.6 Å². The monoisotopic (exact) mass is 376 g/mol. The van der Waals surface area contributed by atoms with E-state index in [0.717, 1.165) is 10.5 Å². The number of imide groups is 1. The zero-order chi connectivity index (χ0) is 19.5. The predicted octanol–water partition coefficient (Wildman–Crippen LogP) is 3.04. The first-order chi connectivity index (χ1) is 13.6. The molecule has 1 saturated heterocycles. The number of aromatic nitrogens is 1. The molecule has 2 amide bonds. The van der Waals surface area contributed by atoms with Crippen molar-refractivity contribution in [3.63, 3.8) is 0 Å². The van der Waals surface area contributed by atoms with Gasteiger partial charge in [0.1, 0.15) is 6.61 Å². The number of rotatable bonds is 4. The van der Waals surface area contributed by atoms with Gasteiger partial charge in [0, 0.05) is 10.9 Å². The van der Waals surface area contributed by atoms with E-state index in [1.165, 1.54) is 0 Å². The van der Waals surface area contributed by atoms with E-state index < -0.39 is 24.6 Å². The summed E-state index contributed by atoms with van der Waals surface area (Å²) in [5.41, 5.74) is 2.44. The number of ether oxygens (including phenoxy) is 2. The van der Waals surface area contributed by atoms with E-state index >= 15 is 0 Å². The molecule has 1 fully saturated rings. The van der Waals surface area contributed by atoms with E-state index in [4.69, 9.17) is 9.47 Å². The van der Waals surface area contributed by atoms with Gasteiger partial charge in [-0.3, -0.25) is 4.79 Å². The topological polar surface area (TPSA) is 85.8 Å².